The molecule has 20 heavy (non-hydrogen) atoms. The Kier molecular flexibility index (Phi) is 5.09. The third-order valence-electron chi connectivity index (χ3n) is 2.13. The maximum absolute atomic E-state index is 11.6. The molecule has 0 radical (unpaired) electrons. The second-order valence-electron chi connectivity index (χ2n) is 5.16. The molecular formula is C11H17BrN4O4. The van der Waals surface area contributed by atoms with Crippen molar-refractivity contribution in [3.8, 4) is 0 Å². The third kappa shape index (κ3) is 5.16. The first-order valence-corrected chi connectivity index (χ1v) is 6.65. The number of rotatable bonds is 4. The highest BCUT2D eigenvalue weighted by Gasteiger charge is 2.25. The number of hydrogen-bond donors (Lipinski definition) is 2. The number of carbonyl (C=O) groups excluding carboxylic acids is 1. The van der Waals surface area contributed by atoms with Crippen molar-refractivity contribution in [1.29, 1.82) is 0 Å². The van der Waals surface area contributed by atoms with Crippen molar-refractivity contribution in [2.75, 3.05) is 0 Å². The fraction of sp³-hybridized carbons (Fsp3) is 0.636. The Morgan fingerprint density at radius 2 is 2.10 bits per heavy atom. The summed E-state index contributed by atoms with van der Waals surface area (Å²) in [5, 5.41) is 15.4. The van der Waals surface area contributed by atoms with Crippen molar-refractivity contribution >= 4 is 28.0 Å². The topological polar surface area (TPSA) is 106 Å². The molecule has 0 saturated heterocycles. The van der Waals surface area contributed by atoms with E-state index in [1.807, 2.05) is 0 Å². The largest absolute Gasteiger partial charge is 0.480 e. The van der Waals surface area contributed by atoms with Crippen LogP contribution in [0.2, 0.25) is 0 Å². The first-order chi connectivity index (χ1) is 9.08. The van der Waals surface area contributed by atoms with Crippen LogP contribution in [0.5, 0.6) is 0 Å². The highest BCUT2D eigenvalue weighted by molar-refractivity contribution is 9.10. The van der Waals surface area contributed by atoms with Crippen LogP contribution in [0.3, 0.4) is 0 Å². The summed E-state index contributed by atoms with van der Waals surface area (Å²) in [6.07, 6.45) is -0.825. The number of aliphatic carboxylic acids is 1. The number of nitrogens with one attached hydrogen (secondary N) is 1. The number of carboxylic acids is 1. The SMILES string of the molecule is Cn1nc(CC(NC(=O)OC(C)(C)C)C(=O)O)nc1Br. The quantitative estimate of drug-likeness (QED) is 0.843. The Balaban J connectivity index is 2.70. The summed E-state index contributed by atoms with van der Waals surface area (Å²) >= 11 is 3.16. The molecule has 2 N–H and O–H groups in total. The van der Waals surface area contributed by atoms with Crippen LogP contribution in [0.1, 0.15) is 26.6 Å². The van der Waals surface area contributed by atoms with E-state index in [1.165, 1.54) is 4.68 Å². The number of aryl methyl sites for hydroxylation is 1. The van der Waals surface area contributed by atoms with E-state index >= 15 is 0 Å². The molecule has 0 aromatic carbocycles. The summed E-state index contributed by atoms with van der Waals surface area (Å²) in [6.45, 7) is 5.08. The predicted octanol–water partition coefficient (Wildman–Crippen LogP) is 1.10. The highest BCUT2D eigenvalue weighted by Crippen LogP contribution is 2.09. The van der Waals surface area contributed by atoms with Gasteiger partial charge < -0.3 is 15.2 Å². The summed E-state index contributed by atoms with van der Waals surface area (Å²) in [6, 6.07) is -1.15. The van der Waals surface area contributed by atoms with Crippen LogP contribution in [0.4, 0.5) is 4.79 Å². The maximum Gasteiger partial charge on any atom is 0.408 e. The van der Waals surface area contributed by atoms with Crippen LogP contribution in [0.25, 0.3) is 0 Å². The molecule has 0 fully saturated rings. The lowest BCUT2D eigenvalue weighted by atomic mass is 10.2. The van der Waals surface area contributed by atoms with E-state index < -0.39 is 23.7 Å². The molecule has 0 aliphatic rings. The predicted molar refractivity (Wildman–Crippen MR) is 73.2 cm³/mol. The molecule has 1 rings (SSSR count). The van der Waals surface area contributed by atoms with Crippen LogP contribution in [-0.4, -0.2) is 43.6 Å². The molecule has 0 bridgehead atoms. The molecule has 8 nitrogen and oxygen atoms in total. The molecule has 1 heterocycles. The molecule has 1 atom stereocenters. The zero-order valence-electron chi connectivity index (χ0n) is 11.7. The second-order valence-corrected chi connectivity index (χ2v) is 5.87. The van der Waals surface area contributed by atoms with E-state index in [-0.39, 0.29) is 6.42 Å². The average molecular weight is 349 g/mol. The Hall–Kier alpha value is -1.64. The molecule has 0 saturated carbocycles. The number of amides is 1. The standard InChI is InChI=1S/C11H17BrN4O4/c1-11(2,3)20-10(19)13-6(8(17)18)5-7-14-9(12)16(4)15-7/h6H,5H2,1-4H3,(H,13,19)(H,17,18). The Bertz CT molecular complexity index is 490. The third-order valence-corrected chi connectivity index (χ3v) is 2.82. The van der Waals surface area contributed by atoms with Crippen molar-refractivity contribution in [3.63, 3.8) is 0 Å². The zero-order chi connectivity index (χ0) is 15.5. The van der Waals surface area contributed by atoms with E-state index in [4.69, 9.17) is 9.84 Å². The van der Waals surface area contributed by atoms with Gasteiger partial charge in [0.2, 0.25) is 0 Å². The summed E-state index contributed by atoms with van der Waals surface area (Å²) in [4.78, 5) is 26.8. The minimum absolute atomic E-state index is 0.0337. The molecular weight excluding hydrogens is 332 g/mol. The van der Waals surface area contributed by atoms with Crippen molar-refractivity contribution in [2.24, 2.45) is 7.05 Å². The van der Waals surface area contributed by atoms with Gasteiger partial charge in [-0.25, -0.2) is 19.3 Å². The molecule has 0 spiro atoms. The first-order valence-electron chi connectivity index (χ1n) is 5.86. The minimum Gasteiger partial charge on any atom is -0.480 e. The first kappa shape index (κ1) is 16.4. The molecule has 9 heteroatoms. The van der Waals surface area contributed by atoms with E-state index in [9.17, 15) is 9.59 Å². The van der Waals surface area contributed by atoms with E-state index in [0.29, 0.717) is 10.6 Å². The zero-order valence-corrected chi connectivity index (χ0v) is 13.3. The Morgan fingerprint density at radius 1 is 1.50 bits per heavy atom. The summed E-state index contributed by atoms with van der Waals surface area (Å²) in [7, 11) is 1.66. The van der Waals surface area contributed by atoms with Crippen LogP contribution < -0.4 is 5.32 Å². The molecule has 1 aromatic heterocycles. The highest BCUT2D eigenvalue weighted by atomic mass is 79.9. The fourth-order valence-corrected chi connectivity index (χ4v) is 1.62. The summed E-state index contributed by atoms with van der Waals surface area (Å²) in [5.41, 5.74) is -0.695. The number of carboxylic acid groups (broad SMARTS) is 1. The average Bonchev–Trinajstić information content (AvgIpc) is 2.54. The molecule has 1 unspecified atom stereocenters. The number of aromatic nitrogens is 3. The van der Waals surface area contributed by atoms with Crippen LogP contribution in [-0.2, 0) is 23.0 Å². The lowest BCUT2D eigenvalue weighted by molar-refractivity contribution is -0.139. The number of ether oxygens (including phenoxy) is 1. The van der Waals surface area contributed by atoms with Gasteiger partial charge in [-0.05, 0) is 36.7 Å². The lowest BCUT2D eigenvalue weighted by Gasteiger charge is -2.21. The van der Waals surface area contributed by atoms with E-state index in [2.05, 4.69) is 31.3 Å². The molecule has 1 aromatic rings. The number of hydrogen-bond acceptors (Lipinski definition) is 5. The van der Waals surface area contributed by atoms with Gasteiger partial charge in [-0.1, -0.05) is 0 Å². The van der Waals surface area contributed by atoms with Gasteiger partial charge >= 0.3 is 12.1 Å². The molecule has 0 aliphatic heterocycles. The van der Waals surface area contributed by atoms with Gasteiger partial charge in [0.1, 0.15) is 11.6 Å². The van der Waals surface area contributed by atoms with Gasteiger partial charge in [-0.2, -0.15) is 5.10 Å². The molecule has 112 valence electrons. The fourth-order valence-electron chi connectivity index (χ4n) is 1.33. The molecule has 1 amide bonds. The smallest absolute Gasteiger partial charge is 0.408 e. The number of carbonyl (C=O) groups is 2. The number of alkyl carbamates (subject to hydrolysis) is 1. The maximum atomic E-state index is 11.6. The van der Waals surface area contributed by atoms with Gasteiger partial charge in [0.05, 0.1) is 0 Å². The van der Waals surface area contributed by atoms with Crippen LogP contribution in [0, 0.1) is 0 Å². The van der Waals surface area contributed by atoms with Gasteiger partial charge in [-0.3, -0.25) is 0 Å². The van der Waals surface area contributed by atoms with Gasteiger partial charge in [-0.15, -0.1) is 0 Å². The molecule has 0 aliphatic carbocycles. The summed E-state index contributed by atoms with van der Waals surface area (Å²) < 4.78 is 6.96. The normalized spacial score (nSPS) is 12.8. The Morgan fingerprint density at radius 3 is 2.50 bits per heavy atom. The second kappa shape index (κ2) is 6.21. The monoisotopic (exact) mass is 348 g/mol. The van der Waals surface area contributed by atoms with Crippen molar-refractivity contribution in [2.45, 2.75) is 38.8 Å². The van der Waals surface area contributed by atoms with Crippen molar-refractivity contribution in [3.05, 3.63) is 10.6 Å². The van der Waals surface area contributed by atoms with E-state index in [0.717, 1.165) is 0 Å². The van der Waals surface area contributed by atoms with E-state index in [1.54, 1.807) is 27.8 Å². The van der Waals surface area contributed by atoms with Crippen LogP contribution in [0.15, 0.2) is 4.73 Å². The van der Waals surface area contributed by atoms with Gasteiger partial charge in [0, 0.05) is 13.5 Å². The van der Waals surface area contributed by atoms with Crippen molar-refractivity contribution < 1.29 is 19.4 Å². The number of halogens is 1. The number of nitrogens with zero attached hydrogens (tertiary/aromatic N) is 3. The van der Waals surface area contributed by atoms with Gasteiger partial charge in [0.15, 0.2) is 10.6 Å². The van der Waals surface area contributed by atoms with Gasteiger partial charge in [0.25, 0.3) is 0 Å². The Labute approximate surface area is 124 Å². The van der Waals surface area contributed by atoms with Crippen molar-refractivity contribution in [1.82, 2.24) is 20.1 Å². The van der Waals surface area contributed by atoms with Crippen LogP contribution >= 0.6 is 15.9 Å². The minimum atomic E-state index is -1.18. The lowest BCUT2D eigenvalue weighted by Crippen LogP contribution is -2.44. The summed E-state index contributed by atoms with van der Waals surface area (Å²) in [5.74, 6) is -0.873.